The average molecular weight is 466 g/mol. The third kappa shape index (κ3) is 5.38. The minimum Gasteiger partial charge on any atom is -0.465 e. The van der Waals surface area contributed by atoms with Gasteiger partial charge in [0.25, 0.3) is 0 Å². The lowest BCUT2D eigenvalue weighted by atomic mass is 10.1. The molecule has 33 heavy (non-hydrogen) atoms. The summed E-state index contributed by atoms with van der Waals surface area (Å²) in [5, 5.41) is 3.26. The number of esters is 1. The maximum atomic E-state index is 12.9. The Labute approximate surface area is 195 Å². The summed E-state index contributed by atoms with van der Waals surface area (Å²) in [7, 11) is 1.34. The fraction of sp³-hybridized carbons (Fsp3) is 0.250. The van der Waals surface area contributed by atoms with Gasteiger partial charge in [-0.1, -0.05) is 53.8 Å². The van der Waals surface area contributed by atoms with Gasteiger partial charge in [0.05, 0.1) is 17.6 Å². The van der Waals surface area contributed by atoms with E-state index in [1.165, 1.54) is 23.3 Å². The van der Waals surface area contributed by atoms with Crippen LogP contribution in [-0.4, -0.2) is 47.6 Å². The molecule has 1 fully saturated rings. The molecule has 1 aliphatic rings. The number of hydrogen-bond acceptors (Lipinski definition) is 7. The fourth-order valence-electron chi connectivity index (χ4n) is 3.60. The number of carbonyl (C=O) groups excluding carboxylic acids is 3. The number of hydrogen-bond donors (Lipinski definition) is 1. The zero-order chi connectivity index (χ0) is 23.2. The topological polar surface area (TPSA) is 97.8 Å². The lowest BCUT2D eigenvalue weighted by molar-refractivity contribution is -0.120. The highest BCUT2D eigenvalue weighted by molar-refractivity contribution is 7.19. The number of anilines is 1. The summed E-state index contributed by atoms with van der Waals surface area (Å²) in [5.74, 6) is -0.687. The first-order valence-electron chi connectivity index (χ1n) is 10.5. The summed E-state index contributed by atoms with van der Waals surface area (Å²) in [6, 6.07) is 15.8. The Hall–Kier alpha value is -3.72. The van der Waals surface area contributed by atoms with Crippen LogP contribution >= 0.6 is 11.3 Å². The molecular formula is C24H23N3O5S. The van der Waals surface area contributed by atoms with Crippen molar-refractivity contribution in [3.05, 3.63) is 71.9 Å². The minimum atomic E-state index is -0.597. The molecule has 3 aromatic rings. The first-order chi connectivity index (χ1) is 16.0. The third-order valence-electron chi connectivity index (χ3n) is 5.32. The predicted molar refractivity (Wildman–Crippen MR) is 124 cm³/mol. The molecular weight excluding hydrogens is 442 g/mol. The molecule has 9 heteroatoms. The van der Waals surface area contributed by atoms with Crippen LogP contribution in [0.4, 0.5) is 9.93 Å². The Balaban J connectivity index is 1.36. The first-order valence-corrected chi connectivity index (χ1v) is 11.3. The molecule has 0 bridgehead atoms. The van der Waals surface area contributed by atoms with E-state index in [-0.39, 0.29) is 12.5 Å². The van der Waals surface area contributed by atoms with Crippen LogP contribution in [0.25, 0.3) is 10.4 Å². The first kappa shape index (κ1) is 22.5. The van der Waals surface area contributed by atoms with Crippen molar-refractivity contribution in [1.82, 2.24) is 9.88 Å². The molecule has 1 aliphatic heterocycles. The second-order valence-electron chi connectivity index (χ2n) is 7.48. The number of ether oxygens (including phenoxy) is 2. The lowest BCUT2D eigenvalue weighted by Gasteiger charge is -2.22. The standard InChI is InChI=1S/C24H23N3O5S/c1-31-22(29)18-11-9-17(10-12-18)20-14-25-23(33-20)26-21(28)19-8-5-13-27(19)24(30)32-15-16-6-3-2-4-7-16/h2-4,6-7,9-12,14,19H,5,8,13,15H2,1H3,(H,25,26,28). The molecule has 2 heterocycles. The van der Waals surface area contributed by atoms with Gasteiger partial charge in [-0.15, -0.1) is 0 Å². The number of nitrogens with one attached hydrogen (secondary N) is 1. The van der Waals surface area contributed by atoms with Gasteiger partial charge >= 0.3 is 12.1 Å². The van der Waals surface area contributed by atoms with Crippen molar-refractivity contribution in [2.24, 2.45) is 0 Å². The van der Waals surface area contributed by atoms with Crippen molar-refractivity contribution in [3.63, 3.8) is 0 Å². The van der Waals surface area contributed by atoms with Gasteiger partial charge in [0, 0.05) is 12.7 Å². The molecule has 4 rings (SSSR count). The van der Waals surface area contributed by atoms with Gasteiger partial charge in [-0.2, -0.15) is 0 Å². The highest BCUT2D eigenvalue weighted by Crippen LogP contribution is 2.30. The predicted octanol–water partition coefficient (Wildman–Crippen LogP) is 4.34. The number of methoxy groups -OCH3 is 1. The van der Waals surface area contributed by atoms with Gasteiger partial charge in [-0.3, -0.25) is 9.69 Å². The third-order valence-corrected chi connectivity index (χ3v) is 6.28. The van der Waals surface area contributed by atoms with Crippen LogP contribution in [-0.2, 0) is 20.9 Å². The monoisotopic (exact) mass is 465 g/mol. The van der Waals surface area contributed by atoms with Crippen LogP contribution in [0.3, 0.4) is 0 Å². The summed E-state index contributed by atoms with van der Waals surface area (Å²) >= 11 is 1.32. The number of amides is 2. The van der Waals surface area contributed by atoms with Gasteiger partial charge in [-0.25, -0.2) is 14.6 Å². The number of carbonyl (C=O) groups is 3. The summed E-state index contributed by atoms with van der Waals surface area (Å²) in [6.45, 7) is 0.635. The second kappa shape index (κ2) is 10.3. The Morgan fingerprint density at radius 3 is 2.61 bits per heavy atom. The quantitative estimate of drug-likeness (QED) is 0.544. The van der Waals surface area contributed by atoms with E-state index in [2.05, 4.69) is 10.3 Å². The summed E-state index contributed by atoms with van der Waals surface area (Å²) in [5.41, 5.74) is 2.22. The maximum Gasteiger partial charge on any atom is 0.410 e. The average Bonchev–Trinajstić information content (AvgIpc) is 3.53. The zero-order valence-electron chi connectivity index (χ0n) is 18.0. The molecule has 1 unspecified atom stereocenters. The largest absolute Gasteiger partial charge is 0.465 e. The summed E-state index contributed by atoms with van der Waals surface area (Å²) in [4.78, 5) is 43.6. The molecule has 1 saturated heterocycles. The van der Waals surface area contributed by atoms with E-state index in [0.717, 1.165) is 22.4 Å². The van der Waals surface area contributed by atoms with Crippen LogP contribution in [0.2, 0.25) is 0 Å². The van der Waals surface area contributed by atoms with Crippen molar-refractivity contribution in [2.75, 3.05) is 19.0 Å². The van der Waals surface area contributed by atoms with Crippen molar-refractivity contribution in [2.45, 2.75) is 25.5 Å². The molecule has 2 amide bonds. The number of rotatable bonds is 6. The zero-order valence-corrected chi connectivity index (χ0v) is 18.8. The van der Waals surface area contributed by atoms with E-state index in [0.29, 0.717) is 23.7 Å². The van der Waals surface area contributed by atoms with E-state index >= 15 is 0 Å². The van der Waals surface area contributed by atoms with E-state index in [9.17, 15) is 14.4 Å². The Morgan fingerprint density at radius 1 is 1.12 bits per heavy atom. The maximum absolute atomic E-state index is 12.9. The highest BCUT2D eigenvalue weighted by atomic mass is 32.1. The number of aromatic nitrogens is 1. The molecule has 1 N–H and O–H groups in total. The van der Waals surface area contributed by atoms with Crippen molar-refractivity contribution in [3.8, 4) is 10.4 Å². The summed E-state index contributed by atoms with van der Waals surface area (Å²) in [6.07, 6.45) is 2.46. The number of likely N-dealkylation sites (tertiary alicyclic amines) is 1. The Bertz CT molecular complexity index is 1130. The Morgan fingerprint density at radius 2 is 1.88 bits per heavy atom. The second-order valence-corrected chi connectivity index (χ2v) is 8.51. The van der Waals surface area contributed by atoms with Gasteiger partial charge < -0.3 is 14.8 Å². The summed E-state index contributed by atoms with van der Waals surface area (Å²) < 4.78 is 10.1. The smallest absolute Gasteiger partial charge is 0.410 e. The number of benzene rings is 2. The molecule has 8 nitrogen and oxygen atoms in total. The van der Waals surface area contributed by atoms with Gasteiger partial charge in [0.1, 0.15) is 12.6 Å². The molecule has 0 aliphatic carbocycles. The highest BCUT2D eigenvalue weighted by Gasteiger charge is 2.35. The van der Waals surface area contributed by atoms with Gasteiger partial charge in [0.15, 0.2) is 5.13 Å². The lowest BCUT2D eigenvalue weighted by Crippen LogP contribution is -2.43. The van der Waals surface area contributed by atoms with Crippen LogP contribution in [0.1, 0.15) is 28.8 Å². The van der Waals surface area contributed by atoms with Crippen molar-refractivity contribution >= 4 is 34.4 Å². The minimum absolute atomic E-state index is 0.162. The molecule has 0 spiro atoms. The van der Waals surface area contributed by atoms with Crippen LogP contribution < -0.4 is 5.32 Å². The normalized spacial score (nSPS) is 15.2. The van der Waals surface area contributed by atoms with Crippen LogP contribution in [0.5, 0.6) is 0 Å². The van der Waals surface area contributed by atoms with E-state index in [4.69, 9.17) is 9.47 Å². The van der Waals surface area contributed by atoms with E-state index in [1.54, 1.807) is 30.5 Å². The molecule has 2 aromatic carbocycles. The van der Waals surface area contributed by atoms with Crippen LogP contribution in [0.15, 0.2) is 60.8 Å². The molecule has 0 saturated carbocycles. The molecule has 170 valence electrons. The molecule has 1 atom stereocenters. The molecule has 0 radical (unpaired) electrons. The van der Waals surface area contributed by atoms with E-state index in [1.807, 2.05) is 30.3 Å². The number of nitrogens with zero attached hydrogens (tertiary/aromatic N) is 2. The van der Waals surface area contributed by atoms with Crippen molar-refractivity contribution in [1.29, 1.82) is 0 Å². The fourth-order valence-corrected chi connectivity index (χ4v) is 4.43. The number of thiazole rings is 1. The van der Waals surface area contributed by atoms with E-state index < -0.39 is 18.1 Å². The van der Waals surface area contributed by atoms with Gasteiger partial charge in [0.2, 0.25) is 5.91 Å². The van der Waals surface area contributed by atoms with Crippen molar-refractivity contribution < 1.29 is 23.9 Å². The SMILES string of the molecule is COC(=O)c1ccc(-c2cnc(NC(=O)C3CCCN3C(=O)OCc3ccccc3)s2)cc1. The molecule has 1 aromatic heterocycles. The van der Waals surface area contributed by atoms with Gasteiger partial charge in [-0.05, 0) is 36.1 Å². The van der Waals surface area contributed by atoms with Crippen LogP contribution in [0, 0.1) is 0 Å². The Kier molecular flexibility index (Phi) is 6.99.